The Hall–Kier alpha value is -1.93. The number of sulfonamides is 1. The molecule has 0 bridgehead atoms. The number of piperidine rings is 1. The molecule has 8 heteroatoms. The van der Waals surface area contributed by atoms with E-state index < -0.39 is 10.0 Å². The van der Waals surface area contributed by atoms with Gasteiger partial charge in [-0.25, -0.2) is 13.6 Å². The molecule has 1 heterocycles. The lowest BCUT2D eigenvalue weighted by Crippen LogP contribution is -2.40. The van der Waals surface area contributed by atoms with Crippen molar-refractivity contribution in [1.29, 1.82) is 0 Å². The molecule has 3 rings (SSSR count). The van der Waals surface area contributed by atoms with E-state index in [-0.39, 0.29) is 22.8 Å². The van der Waals surface area contributed by atoms with E-state index in [4.69, 9.17) is 5.14 Å². The van der Waals surface area contributed by atoms with E-state index in [9.17, 15) is 18.0 Å². The summed E-state index contributed by atoms with van der Waals surface area (Å²) in [4.78, 5) is 28.4. The molecule has 1 aliphatic carbocycles. The molecule has 1 saturated carbocycles. The Morgan fingerprint density at radius 2 is 1.85 bits per heavy atom. The third-order valence-corrected chi connectivity index (χ3v) is 7.27. The highest BCUT2D eigenvalue weighted by Gasteiger charge is 2.42. The first-order chi connectivity index (χ1) is 12.5. The molecule has 1 saturated heterocycles. The van der Waals surface area contributed by atoms with Gasteiger partial charge in [-0.2, -0.15) is 0 Å². The first-order valence-electron chi connectivity index (χ1n) is 9.14. The first-order valence-corrected chi connectivity index (χ1v) is 10.7. The molecule has 1 aromatic carbocycles. The van der Waals surface area contributed by atoms with E-state index in [0.717, 1.165) is 19.4 Å². The fourth-order valence-corrected chi connectivity index (χ4v) is 5.30. The minimum Gasteiger partial charge on any atom is -0.345 e. The van der Waals surface area contributed by atoms with Crippen LogP contribution in [0.25, 0.3) is 0 Å². The predicted molar refractivity (Wildman–Crippen MR) is 102 cm³/mol. The Kier molecular flexibility index (Phi) is 5.07. The van der Waals surface area contributed by atoms with Crippen LogP contribution in [0.15, 0.2) is 17.0 Å². The molecule has 0 radical (unpaired) electrons. The lowest BCUT2D eigenvalue weighted by Gasteiger charge is -2.31. The van der Waals surface area contributed by atoms with Crippen molar-refractivity contribution in [3.05, 3.63) is 28.8 Å². The Morgan fingerprint density at radius 1 is 1.22 bits per heavy atom. The maximum Gasteiger partial charge on any atom is 0.253 e. The number of fused-ring (bicyclic) bond motifs is 1. The minimum atomic E-state index is -3.90. The maximum atomic E-state index is 13.0. The number of carbonyl (C=O) groups is 2. The minimum absolute atomic E-state index is 0.00781. The summed E-state index contributed by atoms with van der Waals surface area (Å²) in [5.41, 5.74) is 1.60. The van der Waals surface area contributed by atoms with Crippen molar-refractivity contribution in [1.82, 2.24) is 9.80 Å². The van der Waals surface area contributed by atoms with Gasteiger partial charge in [0.25, 0.3) is 5.91 Å². The fraction of sp³-hybridized carbons (Fsp3) is 0.579. The summed E-state index contributed by atoms with van der Waals surface area (Å²) in [6.07, 6.45) is 2.20. The normalized spacial score (nSPS) is 25.4. The number of benzene rings is 1. The zero-order valence-corrected chi connectivity index (χ0v) is 17.0. The molecule has 2 amide bonds. The van der Waals surface area contributed by atoms with Crippen LogP contribution in [0.1, 0.15) is 40.7 Å². The summed E-state index contributed by atoms with van der Waals surface area (Å²) in [6.45, 7) is 4.19. The second-order valence-corrected chi connectivity index (χ2v) is 9.53. The van der Waals surface area contributed by atoms with Crippen molar-refractivity contribution in [2.24, 2.45) is 17.0 Å². The van der Waals surface area contributed by atoms with Crippen LogP contribution in [0.2, 0.25) is 0 Å². The lowest BCUT2D eigenvalue weighted by molar-refractivity contribution is -0.134. The number of nitrogens with zero attached hydrogens (tertiary/aromatic N) is 2. The standard InChI is InChI=1S/C19H27N3O4S/c1-11-5-14(8-17(12(11)2)27(20,25)26)19(24)22(4)16-6-13-9-18(23)21(3)10-15(13)7-16/h5,8,13,15-16H,6-7,9-10H2,1-4H3,(H2,20,25,26)/t13-,15+,16-/m1/s1. The molecule has 7 nitrogen and oxygen atoms in total. The van der Waals surface area contributed by atoms with Gasteiger partial charge >= 0.3 is 0 Å². The number of likely N-dealkylation sites (tertiary alicyclic amines) is 1. The number of primary sulfonamides is 1. The van der Waals surface area contributed by atoms with Gasteiger partial charge in [-0.05, 0) is 61.8 Å². The molecule has 2 fully saturated rings. The number of aryl methyl sites for hydroxylation is 1. The molecule has 0 spiro atoms. The number of nitrogens with two attached hydrogens (primary N) is 1. The highest BCUT2D eigenvalue weighted by Crippen LogP contribution is 2.40. The molecule has 2 N–H and O–H groups in total. The number of amides is 2. The molecule has 1 aliphatic heterocycles. The molecule has 0 aromatic heterocycles. The van der Waals surface area contributed by atoms with Crippen LogP contribution in [-0.4, -0.2) is 56.7 Å². The molecule has 3 atom stereocenters. The average molecular weight is 394 g/mol. The Labute approximate surface area is 160 Å². The van der Waals surface area contributed by atoms with Crippen LogP contribution in [0.5, 0.6) is 0 Å². The second-order valence-electron chi connectivity index (χ2n) is 8.00. The summed E-state index contributed by atoms with van der Waals surface area (Å²) >= 11 is 0. The van der Waals surface area contributed by atoms with Crippen molar-refractivity contribution in [2.75, 3.05) is 20.6 Å². The average Bonchev–Trinajstić information content (AvgIpc) is 2.97. The summed E-state index contributed by atoms with van der Waals surface area (Å²) in [6, 6.07) is 3.13. The lowest BCUT2D eigenvalue weighted by atomic mass is 9.88. The SMILES string of the molecule is Cc1cc(C(=O)N(C)[C@@H]2C[C@@H]3CC(=O)N(C)C[C@@H]3C2)cc(S(N)(=O)=O)c1C. The highest BCUT2D eigenvalue weighted by molar-refractivity contribution is 7.89. The highest BCUT2D eigenvalue weighted by atomic mass is 32.2. The van der Waals surface area contributed by atoms with Gasteiger partial charge in [-0.3, -0.25) is 9.59 Å². The van der Waals surface area contributed by atoms with E-state index in [0.29, 0.717) is 34.9 Å². The number of hydrogen-bond acceptors (Lipinski definition) is 4. The van der Waals surface area contributed by atoms with Crippen LogP contribution >= 0.6 is 0 Å². The van der Waals surface area contributed by atoms with E-state index >= 15 is 0 Å². The molecule has 2 aliphatic rings. The molecule has 0 unspecified atom stereocenters. The van der Waals surface area contributed by atoms with Gasteiger partial charge in [-0.1, -0.05) is 0 Å². The maximum absolute atomic E-state index is 13.0. The van der Waals surface area contributed by atoms with Gasteiger partial charge in [0.05, 0.1) is 4.90 Å². The smallest absolute Gasteiger partial charge is 0.253 e. The van der Waals surface area contributed by atoms with Gasteiger partial charge in [0, 0.05) is 38.7 Å². The van der Waals surface area contributed by atoms with Crippen molar-refractivity contribution < 1.29 is 18.0 Å². The van der Waals surface area contributed by atoms with Crippen LogP contribution in [0.3, 0.4) is 0 Å². The largest absolute Gasteiger partial charge is 0.345 e. The Bertz CT molecular complexity index is 896. The van der Waals surface area contributed by atoms with Crippen molar-refractivity contribution >= 4 is 21.8 Å². The van der Waals surface area contributed by atoms with Crippen LogP contribution < -0.4 is 5.14 Å². The van der Waals surface area contributed by atoms with E-state index in [1.165, 1.54) is 6.07 Å². The van der Waals surface area contributed by atoms with Gasteiger partial charge in [-0.15, -0.1) is 0 Å². The van der Waals surface area contributed by atoms with Gasteiger partial charge in [0.15, 0.2) is 0 Å². The molecule has 148 valence electrons. The summed E-state index contributed by atoms with van der Waals surface area (Å²) in [5.74, 6) is 0.672. The van der Waals surface area contributed by atoms with E-state index in [1.807, 2.05) is 7.05 Å². The third kappa shape index (κ3) is 3.73. The third-order valence-electron chi connectivity index (χ3n) is 6.23. The van der Waals surface area contributed by atoms with Gasteiger partial charge in [0.2, 0.25) is 15.9 Å². The van der Waals surface area contributed by atoms with Gasteiger partial charge < -0.3 is 9.80 Å². The van der Waals surface area contributed by atoms with Crippen LogP contribution in [0, 0.1) is 25.7 Å². The molecule has 27 heavy (non-hydrogen) atoms. The predicted octanol–water partition coefficient (Wildman–Crippen LogP) is 1.28. The van der Waals surface area contributed by atoms with Crippen LogP contribution in [-0.2, 0) is 14.8 Å². The van der Waals surface area contributed by atoms with Crippen molar-refractivity contribution in [3.8, 4) is 0 Å². The van der Waals surface area contributed by atoms with Crippen molar-refractivity contribution in [2.45, 2.75) is 44.0 Å². The number of hydrogen-bond donors (Lipinski definition) is 1. The Balaban J connectivity index is 1.83. The number of rotatable bonds is 3. The summed E-state index contributed by atoms with van der Waals surface area (Å²) in [7, 11) is -0.324. The quantitative estimate of drug-likeness (QED) is 0.836. The van der Waals surface area contributed by atoms with Crippen LogP contribution in [0.4, 0.5) is 0 Å². The topological polar surface area (TPSA) is 101 Å². The monoisotopic (exact) mass is 393 g/mol. The first kappa shape index (κ1) is 19.8. The zero-order chi connectivity index (χ0) is 20.1. The van der Waals surface area contributed by atoms with Crippen molar-refractivity contribution in [3.63, 3.8) is 0 Å². The van der Waals surface area contributed by atoms with Gasteiger partial charge in [0.1, 0.15) is 0 Å². The van der Waals surface area contributed by atoms with E-state index in [2.05, 4.69) is 0 Å². The molecule has 1 aromatic rings. The Morgan fingerprint density at radius 3 is 2.48 bits per heavy atom. The fourth-order valence-electron chi connectivity index (χ4n) is 4.42. The van der Waals surface area contributed by atoms with E-state index in [1.54, 1.807) is 36.8 Å². The second kappa shape index (κ2) is 6.91. The number of carbonyl (C=O) groups excluding carboxylic acids is 2. The molecular weight excluding hydrogens is 366 g/mol. The zero-order valence-electron chi connectivity index (χ0n) is 16.2. The molecular formula is C19H27N3O4S. The summed E-state index contributed by atoms with van der Waals surface area (Å²) in [5, 5.41) is 5.31. The summed E-state index contributed by atoms with van der Waals surface area (Å²) < 4.78 is 23.7.